The minimum Gasteiger partial charge on any atom is -0.388 e. The summed E-state index contributed by atoms with van der Waals surface area (Å²) in [4.78, 5) is 0. The van der Waals surface area contributed by atoms with Crippen LogP contribution >= 0.6 is 0 Å². The molecular weight excluding hydrogens is 190 g/mol. The number of aliphatic hydroxyl groups excluding tert-OH is 1. The number of methoxy groups -OCH3 is 1. The lowest BCUT2D eigenvalue weighted by atomic mass is 9.81. The first-order valence-electron chi connectivity index (χ1n) is 5.91. The molecule has 0 aromatic heterocycles. The third-order valence-electron chi connectivity index (χ3n) is 3.62. The Morgan fingerprint density at radius 1 is 1.33 bits per heavy atom. The van der Waals surface area contributed by atoms with Crippen molar-refractivity contribution in [2.24, 2.45) is 5.92 Å². The summed E-state index contributed by atoms with van der Waals surface area (Å²) in [6.45, 7) is 1.66. The summed E-state index contributed by atoms with van der Waals surface area (Å²) in [5.74, 6) is 0.666. The van der Waals surface area contributed by atoms with E-state index >= 15 is 0 Å². The van der Waals surface area contributed by atoms with E-state index in [1.165, 1.54) is 18.4 Å². The predicted molar refractivity (Wildman–Crippen MR) is 59.7 cm³/mol. The molecule has 0 amide bonds. The third kappa shape index (κ3) is 2.80. The van der Waals surface area contributed by atoms with Crippen LogP contribution in [-0.4, -0.2) is 37.5 Å². The fraction of sp³-hybridized carbons (Fsp3) is 0.833. The Morgan fingerprint density at radius 3 is 2.67 bits per heavy atom. The summed E-state index contributed by atoms with van der Waals surface area (Å²) in [6, 6.07) is 0. The number of rotatable bonds is 2. The molecule has 0 radical (unpaired) electrons. The molecule has 1 saturated carbocycles. The second kappa shape index (κ2) is 5.10. The largest absolute Gasteiger partial charge is 0.388 e. The first-order chi connectivity index (χ1) is 7.29. The summed E-state index contributed by atoms with van der Waals surface area (Å²) in [5, 5.41) is 12.8. The molecule has 15 heavy (non-hydrogen) atoms. The van der Waals surface area contributed by atoms with Gasteiger partial charge in [0.15, 0.2) is 0 Å². The van der Waals surface area contributed by atoms with Crippen LogP contribution in [0.5, 0.6) is 0 Å². The maximum Gasteiger partial charge on any atom is 0.0848 e. The molecule has 1 aliphatic heterocycles. The molecule has 1 atom stereocenters. The zero-order chi connectivity index (χ0) is 10.7. The molecule has 0 aromatic carbocycles. The second-order valence-electron chi connectivity index (χ2n) is 4.65. The molecule has 1 fully saturated rings. The Kier molecular flexibility index (Phi) is 3.78. The fourth-order valence-electron chi connectivity index (χ4n) is 2.68. The van der Waals surface area contributed by atoms with Gasteiger partial charge in [-0.3, -0.25) is 0 Å². The van der Waals surface area contributed by atoms with E-state index < -0.39 is 0 Å². The van der Waals surface area contributed by atoms with Crippen LogP contribution in [0.2, 0.25) is 0 Å². The van der Waals surface area contributed by atoms with Crippen molar-refractivity contribution < 1.29 is 9.84 Å². The van der Waals surface area contributed by atoms with Crippen molar-refractivity contribution >= 4 is 0 Å². The summed E-state index contributed by atoms with van der Waals surface area (Å²) < 4.78 is 5.36. The highest BCUT2D eigenvalue weighted by Crippen LogP contribution is 2.31. The highest BCUT2D eigenvalue weighted by Gasteiger charge is 2.25. The zero-order valence-corrected chi connectivity index (χ0v) is 9.41. The van der Waals surface area contributed by atoms with Crippen LogP contribution in [0.15, 0.2) is 11.6 Å². The first-order valence-corrected chi connectivity index (χ1v) is 5.91. The van der Waals surface area contributed by atoms with E-state index in [2.05, 4.69) is 5.32 Å². The van der Waals surface area contributed by atoms with Crippen LogP contribution in [-0.2, 0) is 4.74 Å². The molecule has 3 nitrogen and oxygen atoms in total. The molecule has 3 heteroatoms. The summed E-state index contributed by atoms with van der Waals surface area (Å²) in [5.41, 5.74) is 1.41. The number of aliphatic hydroxyl groups is 1. The molecule has 1 unspecified atom stereocenters. The SMILES string of the molecule is COC1CCC(C2=CC(O)CNC2)CC1. The van der Waals surface area contributed by atoms with Gasteiger partial charge in [-0.2, -0.15) is 0 Å². The number of hydrogen-bond donors (Lipinski definition) is 2. The van der Waals surface area contributed by atoms with Crippen molar-refractivity contribution in [3.63, 3.8) is 0 Å². The maximum atomic E-state index is 9.54. The van der Waals surface area contributed by atoms with Gasteiger partial charge in [-0.25, -0.2) is 0 Å². The van der Waals surface area contributed by atoms with Crippen LogP contribution in [0.1, 0.15) is 25.7 Å². The highest BCUT2D eigenvalue weighted by atomic mass is 16.5. The van der Waals surface area contributed by atoms with Gasteiger partial charge in [0.2, 0.25) is 0 Å². The smallest absolute Gasteiger partial charge is 0.0848 e. The molecule has 1 aliphatic carbocycles. The minimum atomic E-state index is -0.283. The maximum absolute atomic E-state index is 9.54. The summed E-state index contributed by atoms with van der Waals surface area (Å²) in [6.07, 6.45) is 6.96. The molecule has 2 rings (SSSR count). The standard InChI is InChI=1S/C12H21NO2/c1-15-12-4-2-9(3-5-12)10-6-11(14)8-13-7-10/h6,9,11-14H,2-5,7-8H2,1H3. The normalized spacial score (nSPS) is 37.5. The van der Waals surface area contributed by atoms with Crippen LogP contribution < -0.4 is 5.32 Å². The lowest BCUT2D eigenvalue weighted by Crippen LogP contribution is -2.35. The highest BCUT2D eigenvalue weighted by molar-refractivity contribution is 5.15. The number of hydrogen-bond acceptors (Lipinski definition) is 3. The minimum absolute atomic E-state index is 0.283. The average Bonchev–Trinajstić information content (AvgIpc) is 2.29. The van der Waals surface area contributed by atoms with Crippen molar-refractivity contribution in [2.45, 2.75) is 37.9 Å². The number of ether oxygens (including phenoxy) is 1. The number of nitrogens with one attached hydrogen (secondary N) is 1. The monoisotopic (exact) mass is 211 g/mol. The van der Waals surface area contributed by atoms with Crippen molar-refractivity contribution in [1.29, 1.82) is 0 Å². The van der Waals surface area contributed by atoms with E-state index in [0.29, 0.717) is 18.6 Å². The molecule has 2 aliphatic rings. The van der Waals surface area contributed by atoms with Crippen LogP contribution in [0, 0.1) is 5.92 Å². The van der Waals surface area contributed by atoms with E-state index in [0.717, 1.165) is 19.4 Å². The lowest BCUT2D eigenvalue weighted by molar-refractivity contribution is 0.0606. The Labute approximate surface area is 91.5 Å². The second-order valence-corrected chi connectivity index (χ2v) is 4.65. The van der Waals surface area contributed by atoms with E-state index in [9.17, 15) is 5.11 Å². The van der Waals surface area contributed by atoms with Gasteiger partial charge in [-0.05, 0) is 31.6 Å². The Bertz CT molecular complexity index is 232. The van der Waals surface area contributed by atoms with E-state index in [1.54, 1.807) is 7.11 Å². The van der Waals surface area contributed by atoms with Crippen molar-refractivity contribution in [3.8, 4) is 0 Å². The van der Waals surface area contributed by atoms with Crippen LogP contribution in [0.4, 0.5) is 0 Å². The Balaban J connectivity index is 1.89. The molecule has 0 saturated heterocycles. The van der Waals surface area contributed by atoms with E-state index in [-0.39, 0.29) is 6.10 Å². The van der Waals surface area contributed by atoms with E-state index in [1.807, 2.05) is 6.08 Å². The quantitative estimate of drug-likeness (QED) is 0.672. The van der Waals surface area contributed by atoms with Gasteiger partial charge < -0.3 is 15.2 Å². The van der Waals surface area contributed by atoms with Gasteiger partial charge in [-0.15, -0.1) is 0 Å². The topological polar surface area (TPSA) is 41.5 Å². The summed E-state index contributed by atoms with van der Waals surface area (Å²) in [7, 11) is 1.80. The summed E-state index contributed by atoms with van der Waals surface area (Å²) >= 11 is 0. The van der Waals surface area contributed by atoms with Gasteiger partial charge in [0.25, 0.3) is 0 Å². The molecule has 1 heterocycles. The predicted octanol–water partition coefficient (Wildman–Crippen LogP) is 1.08. The zero-order valence-electron chi connectivity index (χ0n) is 9.41. The molecular formula is C12H21NO2. The van der Waals surface area contributed by atoms with Gasteiger partial charge in [0.1, 0.15) is 0 Å². The van der Waals surface area contributed by atoms with Crippen molar-refractivity contribution in [2.75, 3.05) is 20.2 Å². The molecule has 86 valence electrons. The van der Waals surface area contributed by atoms with Gasteiger partial charge >= 0.3 is 0 Å². The first kappa shape index (κ1) is 11.1. The van der Waals surface area contributed by atoms with E-state index in [4.69, 9.17) is 4.74 Å². The Morgan fingerprint density at radius 2 is 2.07 bits per heavy atom. The van der Waals surface area contributed by atoms with Gasteiger partial charge in [0.05, 0.1) is 12.2 Å². The van der Waals surface area contributed by atoms with Crippen molar-refractivity contribution in [3.05, 3.63) is 11.6 Å². The van der Waals surface area contributed by atoms with Crippen LogP contribution in [0.3, 0.4) is 0 Å². The molecule has 0 bridgehead atoms. The average molecular weight is 211 g/mol. The lowest BCUT2D eigenvalue weighted by Gasteiger charge is -2.31. The fourth-order valence-corrected chi connectivity index (χ4v) is 2.68. The molecule has 2 N–H and O–H groups in total. The Hall–Kier alpha value is -0.380. The molecule has 0 spiro atoms. The number of β-amino-alcohol motifs (C(OH)–C–C–N with tert-alkyl or cyclic N) is 1. The molecule has 0 aromatic rings. The van der Waals surface area contributed by atoms with Gasteiger partial charge in [-0.1, -0.05) is 11.6 Å². The van der Waals surface area contributed by atoms with Crippen molar-refractivity contribution in [1.82, 2.24) is 5.32 Å². The third-order valence-corrected chi connectivity index (χ3v) is 3.62. The van der Waals surface area contributed by atoms with Gasteiger partial charge in [0, 0.05) is 20.2 Å². The van der Waals surface area contributed by atoms with Crippen LogP contribution in [0.25, 0.3) is 0 Å².